The third-order valence-corrected chi connectivity index (χ3v) is 5.02. The van der Waals surface area contributed by atoms with Crippen LogP contribution in [0.5, 0.6) is 0 Å². The van der Waals surface area contributed by atoms with Gasteiger partial charge in [0.25, 0.3) is 0 Å². The van der Waals surface area contributed by atoms with Crippen molar-refractivity contribution in [2.75, 3.05) is 86.3 Å². The van der Waals surface area contributed by atoms with E-state index in [2.05, 4.69) is 20.1 Å². The zero-order valence-corrected chi connectivity index (χ0v) is 17.3. The molecule has 8 nitrogen and oxygen atoms in total. The highest BCUT2D eigenvalue weighted by Crippen LogP contribution is 2.18. The van der Waals surface area contributed by atoms with Crippen LogP contribution in [0.15, 0.2) is 4.99 Å². The zero-order valence-electron chi connectivity index (χ0n) is 17.3. The van der Waals surface area contributed by atoms with Gasteiger partial charge in [0, 0.05) is 66.6 Å². The van der Waals surface area contributed by atoms with Gasteiger partial charge in [-0.1, -0.05) is 0 Å². The van der Waals surface area contributed by atoms with Gasteiger partial charge < -0.3 is 24.6 Å². The Hall–Kier alpha value is -1.38. The molecule has 1 amide bonds. The van der Waals surface area contributed by atoms with Gasteiger partial charge in [0.2, 0.25) is 5.91 Å². The summed E-state index contributed by atoms with van der Waals surface area (Å²) in [6.45, 7) is 11.3. The topological polar surface area (TPSA) is 69.6 Å². The second-order valence-corrected chi connectivity index (χ2v) is 7.42. The maximum atomic E-state index is 11.9. The van der Waals surface area contributed by atoms with Crippen molar-refractivity contribution in [2.45, 2.75) is 19.8 Å². The molecule has 2 heterocycles. The van der Waals surface area contributed by atoms with Gasteiger partial charge in [0.15, 0.2) is 5.96 Å². The van der Waals surface area contributed by atoms with Crippen molar-refractivity contribution in [3.8, 4) is 0 Å². The second kappa shape index (κ2) is 12.2. The van der Waals surface area contributed by atoms with Crippen molar-refractivity contribution in [1.29, 1.82) is 0 Å². The van der Waals surface area contributed by atoms with Crippen LogP contribution in [0.2, 0.25) is 0 Å². The molecular weight excluding hydrogens is 346 g/mol. The molecule has 1 N–H and O–H groups in total. The first-order chi connectivity index (χ1) is 13.1. The lowest BCUT2D eigenvalue weighted by Gasteiger charge is -2.29. The number of hydrogen-bond donors (Lipinski definition) is 1. The Morgan fingerprint density at radius 3 is 2.78 bits per heavy atom. The Kier molecular flexibility index (Phi) is 9.86. The standard InChI is InChI=1S/C19H37N5O3/c1-4-26-11-5-7-20-19(21-14-18(25)22(2)3)24-8-6-17(16-24)15-23-9-12-27-13-10-23/h17H,4-16H2,1-3H3,(H,20,21). The summed E-state index contributed by atoms with van der Waals surface area (Å²) in [7, 11) is 3.53. The molecule has 2 saturated heterocycles. The molecule has 0 aromatic carbocycles. The van der Waals surface area contributed by atoms with Crippen LogP contribution in [0.25, 0.3) is 0 Å². The fourth-order valence-electron chi connectivity index (χ4n) is 3.39. The van der Waals surface area contributed by atoms with Crippen LogP contribution >= 0.6 is 0 Å². The molecule has 0 saturated carbocycles. The van der Waals surface area contributed by atoms with Crippen LogP contribution in [0.4, 0.5) is 0 Å². The van der Waals surface area contributed by atoms with E-state index in [4.69, 9.17) is 9.47 Å². The molecule has 1 unspecified atom stereocenters. The highest BCUT2D eigenvalue weighted by molar-refractivity contribution is 5.85. The summed E-state index contributed by atoms with van der Waals surface area (Å²) in [5.41, 5.74) is 0. The molecule has 0 aliphatic carbocycles. The lowest BCUT2D eigenvalue weighted by Crippen LogP contribution is -2.43. The smallest absolute Gasteiger partial charge is 0.243 e. The first-order valence-electron chi connectivity index (χ1n) is 10.2. The van der Waals surface area contributed by atoms with Gasteiger partial charge in [0.05, 0.1) is 13.2 Å². The minimum Gasteiger partial charge on any atom is -0.382 e. The minimum atomic E-state index is 0.0210. The van der Waals surface area contributed by atoms with Crippen molar-refractivity contribution in [1.82, 2.24) is 20.0 Å². The molecule has 0 spiro atoms. The quantitative estimate of drug-likeness (QED) is 0.346. The van der Waals surface area contributed by atoms with Crippen LogP contribution in [-0.2, 0) is 14.3 Å². The van der Waals surface area contributed by atoms with Gasteiger partial charge in [0.1, 0.15) is 6.54 Å². The predicted octanol–water partition coefficient (Wildman–Crippen LogP) is 0.101. The highest BCUT2D eigenvalue weighted by atomic mass is 16.5. The normalized spacial score (nSPS) is 21.5. The van der Waals surface area contributed by atoms with Gasteiger partial charge in [-0.05, 0) is 25.7 Å². The molecule has 2 aliphatic rings. The summed E-state index contributed by atoms with van der Waals surface area (Å²) in [5, 5.41) is 3.43. The number of likely N-dealkylation sites (N-methyl/N-ethyl adjacent to an activating group) is 1. The number of guanidine groups is 1. The number of aliphatic imine (C=N–C) groups is 1. The Labute approximate surface area is 163 Å². The molecule has 0 aromatic heterocycles. The fraction of sp³-hybridized carbons (Fsp3) is 0.895. The Morgan fingerprint density at radius 2 is 2.07 bits per heavy atom. The summed E-state index contributed by atoms with van der Waals surface area (Å²) in [6, 6.07) is 0. The van der Waals surface area contributed by atoms with E-state index in [1.54, 1.807) is 19.0 Å². The molecule has 1 atom stereocenters. The van der Waals surface area contributed by atoms with Gasteiger partial charge in [-0.2, -0.15) is 0 Å². The number of nitrogens with zero attached hydrogens (tertiary/aromatic N) is 4. The van der Waals surface area contributed by atoms with Gasteiger partial charge in [-0.3, -0.25) is 9.69 Å². The largest absolute Gasteiger partial charge is 0.382 e. The predicted molar refractivity (Wildman–Crippen MR) is 107 cm³/mol. The second-order valence-electron chi connectivity index (χ2n) is 7.42. The van der Waals surface area contributed by atoms with E-state index in [9.17, 15) is 4.79 Å². The van der Waals surface area contributed by atoms with Crippen LogP contribution in [0.3, 0.4) is 0 Å². The Balaban J connectivity index is 1.85. The molecule has 0 aromatic rings. The summed E-state index contributed by atoms with van der Waals surface area (Å²) in [5.74, 6) is 1.52. The van der Waals surface area contributed by atoms with Crippen LogP contribution in [0, 0.1) is 5.92 Å². The fourth-order valence-corrected chi connectivity index (χ4v) is 3.39. The minimum absolute atomic E-state index is 0.0210. The number of rotatable bonds is 9. The van der Waals surface area contributed by atoms with E-state index >= 15 is 0 Å². The molecule has 0 radical (unpaired) electrons. The van der Waals surface area contributed by atoms with E-state index < -0.39 is 0 Å². The lowest BCUT2D eigenvalue weighted by atomic mass is 10.1. The first kappa shape index (κ1) is 21.9. The van der Waals surface area contributed by atoms with Crippen LogP contribution in [-0.4, -0.2) is 113 Å². The molecule has 0 bridgehead atoms. The van der Waals surface area contributed by atoms with E-state index in [1.807, 2.05) is 6.92 Å². The maximum Gasteiger partial charge on any atom is 0.243 e. The molecule has 8 heteroatoms. The average Bonchev–Trinajstić information content (AvgIpc) is 3.12. The van der Waals surface area contributed by atoms with E-state index in [0.717, 1.165) is 78.1 Å². The Morgan fingerprint density at radius 1 is 1.30 bits per heavy atom. The monoisotopic (exact) mass is 383 g/mol. The molecule has 156 valence electrons. The number of hydrogen-bond acceptors (Lipinski definition) is 5. The lowest BCUT2D eigenvalue weighted by molar-refractivity contribution is -0.127. The summed E-state index contributed by atoms with van der Waals surface area (Å²) >= 11 is 0. The van der Waals surface area contributed by atoms with E-state index in [-0.39, 0.29) is 12.5 Å². The van der Waals surface area contributed by atoms with E-state index in [0.29, 0.717) is 5.92 Å². The number of ether oxygens (including phenoxy) is 2. The van der Waals surface area contributed by atoms with E-state index in [1.165, 1.54) is 6.42 Å². The van der Waals surface area contributed by atoms with Crippen molar-refractivity contribution >= 4 is 11.9 Å². The zero-order chi connectivity index (χ0) is 19.5. The number of carbonyl (C=O) groups is 1. The van der Waals surface area contributed by atoms with Gasteiger partial charge in [-0.15, -0.1) is 0 Å². The molecule has 2 fully saturated rings. The van der Waals surface area contributed by atoms with Gasteiger partial charge >= 0.3 is 0 Å². The molecular formula is C19H37N5O3. The van der Waals surface area contributed by atoms with Crippen molar-refractivity contribution in [2.24, 2.45) is 10.9 Å². The summed E-state index contributed by atoms with van der Waals surface area (Å²) in [6.07, 6.45) is 2.10. The summed E-state index contributed by atoms with van der Waals surface area (Å²) in [4.78, 5) is 22.9. The molecule has 27 heavy (non-hydrogen) atoms. The third kappa shape index (κ3) is 8.02. The SMILES string of the molecule is CCOCCCNC(=NCC(=O)N(C)C)N1CCC(CN2CCOCC2)C1. The number of morpholine rings is 1. The Bertz CT molecular complexity index is 466. The number of likely N-dealkylation sites (tertiary alicyclic amines) is 1. The third-order valence-electron chi connectivity index (χ3n) is 5.02. The van der Waals surface area contributed by atoms with Crippen molar-refractivity contribution < 1.29 is 14.3 Å². The number of carbonyl (C=O) groups excluding carboxylic acids is 1. The van der Waals surface area contributed by atoms with Crippen LogP contribution < -0.4 is 5.32 Å². The molecule has 2 rings (SSSR count). The first-order valence-corrected chi connectivity index (χ1v) is 10.2. The number of nitrogens with one attached hydrogen (secondary N) is 1. The summed E-state index contributed by atoms with van der Waals surface area (Å²) < 4.78 is 10.8. The average molecular weight is 384 g/mol. The molecule has 2 aliphatic heterocycles. The maximum absolute atomic E-state index is 11.9. The van der Waals surface area contributed by atoms with Crippen LogP contribution in [0.1, 0.15) is 19.8 Å². The number of amides is 1. The highest BCUT2D eigenvalue weighted by Gasteiger charge is 2.27. The van der Waals surface area contributed by atoms with Crippen molar-refractivity contribution in [3.63, 3.8) is 0 Å². The van der Waals surface area contributed by atoms with Crippen molar-refractivity contribution in [3.05, 3.63) is 0 Å². The van der Waals surface area contributed by atoms with Gasteiger partial charge in [-0.25, -0.2) is 4.99 Å².